The maximum atomic E-state index is 6.63. The first kappa shape index (κ1) is 35.4. The van der Waals surface area contributed by atoms with Gasteiger partial charge < -0.3 is 13.9 Å². The number of benzene rings is 11. The molecular formula is C60H38N2O. The Morgan fingerprint density at radius 2 is 0.937 bits per heavy atom. The fourth-order valence-electron chi connectivity index (χ4n) is 10.1. The molecule has 0 aliphatic heterocycles. The van der Waals surface area contributed by atoms with Gasteiger partial charge in [-0.05, 0) is 128 Å². The van der Waals surface area contributed by atoms with Crippen LogP contribution in [-0.2, 0) is 0 Å². The van der Waals surface area contributed by atoms with Crippen molar-refractivity contribution in [3.63, 3.8) is 0 Å². The van der Waals surface area contributed by atoms with Crippen LogP contribution in [0, 0.1) is 0 Å². The van der Waals surface area contributed by atoms with E-state index in [2.05, 4.69) is 240 Å². The summed E-state index contributed by atoms with van der Waals surface area (Å²) in [5.41, 5.74) is 13.2. The van der Waals surface area contributed by atoms with Crippen molar-refractivity contribution in [2.24, 2.45) is 0 Å². The molecule has 0 atom stereocenters. The molecule has 294 valence electrons. The van der Waals surface area contributed by atoms with Gasteiger partial charge in [0.1, 0.15) is 11.2 Å². The molecule has 0 unspecified atom stereocenters. The first-order chi connectivity index (χ1) is 31.2. The standard InChI is InChI=1S/C60H38N2O/c1-4-18-49-39(13-1)29-36-54-59-48(23-12-26-58(59)63-60(49)54)41-15-11-16-46(37-41)61(44-32-34-45(35-33-44)62-56-24-9-7-21-52(56)53-22-8-10-25-57(53)62)43-30-27-40(28-31-43)55-38-42-14-2-3-17-47(42)50-19-5-6-20-51(50)55/h1-38H. The molecule has 0 bridgehead atoms. The van der Waals surface area contributed by atoms with Crippen LogP contribution in [0.3, 0.4) is 0 Å². The maximum absolute atomic E-state index is 6.63. The molecule has 2 aromatic heterocycles. The predicted octanol–water partition coefficient (Wildman–Crippen LogP) is 16.9. The van der Waals surface area contributed by atoms with Crippen molar-refractivity contribution in [3.8, 4) is 27.9 Å². The summed E-state index contributed by atoms with van der Waals surface area (Å²) in [4.78, 5) is 2.38. The van der Waals surface area contributed by atoms with E-state index < -0.39 is 0 Å². The fourth-order valence-corrected chi connectivity index (χ4v) is 10.1. The van der Waals surface area contributed by atoms with Gasteiger partial charge >= 0.3 is 0 Å². The number of hydrogen-bond donors (Lipinski definition) is 0. The van der Waals surface area contributed by atoms with Crippen LogP contribution < -0.4 is 4.90 Å². The van der Waals surface area contributed by atoms with Crippen LogP contribution in [0.25, 0.3) is 104 Å². The molecule has 3 heteroatoms. The molecule has 0 amide bonds. The first-order valence-corrected chi connectivity index (χ1v) is 21.6. The molecule has 2 heterocycles. The zero-order valence-electron chi connectivity index (χ0n) is 34.2. The Labute approximate surface area is 363 Å². The van der Waals surface area contributed by atoms with Crippen molar-refractivity contribution >= 4 is 93.1 Å². The molecule has 0 aliphatic carbocycles. The zero-order chi connectivity index (χ0) is 41.4. The summed E-state index contributed by atoms with van der Waals surface area (Å²) in [7, 11) is 0. The van der Waals surface area contributed by atoms with Crippen LogP contribution >= 0.6 is 0 Å². The van der Waals surface area contributed by atoms with Crippen LogP contribution in [0.1, 0.15) is 0 Å². The van der Waals surface area contributed by atoms with Crippen LogP contribution in [0.15, 0.2) is 235 Å². The molecule has 0 saturated carbocycles. The summed E-state index contributed by atoms with van der Waals surface area (Å²) >= 11 is 0. The molecule has 0 N–H and O–H groups in total. The van der Waals surface area contributed by atoms with Gasteiger partial charge in [0, 0.05) is 49.7 Å². The molecule has 0 saturated heterocycles. The highest BCUT2D eigenvalue weighted by Gasteiger charge is 2.19. The normalized spacial score (nSPS) is 11.8. The molecule has 63 heavy (non-hydrogen) atoms. The molecule has 13 rings (SSSR count). The van der Waals surface area contributed by atoms with Crippen molar-refractivity contribution in [1.29, 1.82) is 0 Å². The Morgan fingerprint density at radius 3 is 1.68 bits per heavy atom. The second kappa shape index (κ2) is 14.1. The van der Waals surface area contributed by atoms with E-state index in [1.165, 1.54) is 59.9 Å². The number of hydrogen-bond acceptors (Lipinski definition) is 2. The average molecular weight is 803 g/mol. The van der Waals surface area contributed by atoms with Gasteiger partial charge in [-0.2, -0.15) is 0 Å². The molecule has 0 aliphatic rings. The van der Waals surface area contributed by atoms with Crippen molar-refractivity contribution in [3.05, 3.63) is 231 Å². The lowest BCUT2D eigenvalue weighted by atomic mass is 9.93. The van der Waals surface area contributed by atoms with Crippen LogP contribution in [0.2, 0.25) is 0 Å². The van der Waals surface area contributed by atoms with Gasteiger partial charge in [-0.1, -0.05) is 152 Å². The monoisotopic (exact) mass is 802 g/mol. The van der Waals surface area contributed by atoms with Gasteiger partial charge in [-0.3, -0.25) is 0 Å². The number of anilines is 3. The fraction of sp³-hybridized carbons (Fsp3) is 0. The lowest BCUT2D eigenvalue weighted by Gasteiger charge is -2.27. The highest BCUT2D eigenvalue weighted by molar-refractivity contribution is 6.19. The smallest absolute Gasteiger partial charge is 0.143 e. The molecule has 3 nitrogen and oxygen atoms in total. The Balaban J connectivity index is 0.970. The van der Waals surface area contributed by atoms with E-state index in [4.69, 9.17) is 4.42 Å². The number of aromatic nitrogens is 1. The number of para-hydroxylation sites is 2. The summed E-state index contributed by atoms with van der Waals surface area (Å²) < 4.78 is 9.00. The van der Waals surface area contributed by atoms with Gasteiger partial charge in [0.2, 0.25) is 0 Å². The molecular weight excluding hydrogens is 765 g/mol. The van der Waals surface area contributed by atoms with Gasteiger partial charge in [0.15, 0.2) is 0 Å². The molecule has 13 aromatic rings. The number of rotatable bonds is 6. The minimum Gasteiger partial charge on any atom is -0.455 e. The quantitative estimate of drug-likeness (QED) is 0.156. The van der Waals surface area contributed by atoms with E-state index in [1.54, 1.807) is 0 Å². The van der Waals surface area contributed by atoms with Crippen LogP contribution in [0.4, 0.5) is 17.1 Å². The summed E-state index contributed by atoms with van der Waals surface area (Å²) in [5.74, 6) is 0. The Hall–Kier alpha value is -8.40. The Kier molecular flexibility index (Phi) is 7.91. The number of furan rings is 1. The largest absolute Gasteiger partial charge is 0.455 e. The third-order valence-electron chi connectivity index (χ3n) is 13.0. The maximum Gasteiger partial charge on any atom is 0.143 e. The third-order valence-corrected chi connectivity index (χ3v) is 13.0. The first-order valence-electron chi connectivity index (χ1n) is 21.6. The van der Waals surface area contributed by atoms with Gasteiger partial charge in [0.05, 0.1) is 11.0 Å². The average Bonchev–Trinajstić information content (AvgIpc) is 3.91. The second-order valence-electron chi connectivity index (χ2n) is 16.5. The van der Waals surface area contributed by atoms with Gasteiger partial charge in [0.25, 0.3) is 0 Å². The lowest BCUT2D eigenvalue weighted by molar-refractivity contribution is 0.673. The van der Waals surface area contributed by atoms with E-state index in [-0.39, 0.29) is 0 Å². The second-order valence-corrected chi connectivity index (χ2v) is 16.5. The topological polar surface area (TPSA) is 21.3 Å². The number of nitrogens with zero attached hydrogens (tertiary/aromatic N) is 2. The van der Waals surface area contributed by atoms with Crippen LogP contribution in [0.5, 0.6) is 0 Å². The highest BCUT2D eigenvalue weighted by Crippen LogP contribution is 2.43. The molecule has 0 spiro atoms. The minimum atomic E-state index is 0.888. The van der Waals surface area contributed by atoms with Gasteiger partial charge in [-0.15, -0.1) is 0 Å². The zero-order valence-corrected chi connectivity index (χ0v) is 34.2. The van der Waals surface area contributed by atoms with E-state index in [9.17, 15) is 0 Å². The lowest BCUT2D eigenvalue weighted by Crippen LogP contribution is -2.10. The van der Waals surface area contributed by atoms with Gasteiger partial charge in [-0.25, -0.2) is 0 Å². The summed E-state index contributed by atoms with van der Waals surface area (Å²) in [6.45, 7) is 0. The highest BCUT2D eigenvalue weighted by atomic mass is 16.3. The summed E-state index contributed by atoms with van der Waals surface area (Å²) in [5, 5.41) is 12.1. The summed E-state index contributed by atoms with van der Waals surface area (Å²) in [6.07, 6.45) is 0. The predicted molar refractivity (Wildman–Crippen MR) is 266 cm³/mol. The van der Waals surface area contributed by atoms with Crippen LogP contribution in [-0.4, -0.2) is 4.57 Å². The van der Waals surface area contributed by atoms with Crippen molar-refractivity contribution < 1.29 is 4.42 Å². The Bertz CT molecular complexity index is 3860. The van der Waals surface area contributed by atoms with Crippen molar-refractivity contribution in [2.75, 3.05) is 4.90 Å². The third kappa shape index (κ3) is 5.60. The van der Waals surface area contributed by atoms with Crippen molar-refractivity contribution in [2.45, 2.75) is 0 Å². The molecule has 0 fully saturated rings. The van der Waals surface area contributed by atoms with E-state index >= 15 is 0 Å². The van der Waals surface area contributed by atoms with E-state index in [0.29, 0.717) is 0 Å². The molecule has 11 aromatic carbocycles. The Morgan fingerprint density at radius 1 is 0.333 bits per heavy atom. The number of fused-ring (bicyclic) bond motifs is 11. The van der Waals surface area contributed by atoms with E-state index in [0.717, 1.165) is 61.2 Å². The van der Waals surface area contributed by atoms with E-state index in [1.807, 2.05) is 0 Å². The summed E-state index contributed by atoms with van der Waals surface area (Å²) in [6, 6.07) is 83.5. The van der Waals surface area contributed by atoms with Crippen molar-refractivity contribution in [1.82, 2.24) is 4.57 Å². The molecule has 0 radical (unpaired) electrons. The SMILES string of the molecule is c1cc(-c2cccc3oc4c5ccccc5ccc4c23)cc(N(c2ccc(-c3cc4ccccc4c4ccccc34)cc2)c2ccc(-n3c4ccccc4c4ccccc43)cc2)c1. The minimum absolute atomic E-state index is 0.888.